The van der Waals surface area contributed by atoms with Crippen LogP contribution in [0.4, 0.5) is 13.2 Å². The number of nitrogens with zero attached hydrogens (tertiary/aromatic N) is 2. The number of alkyl halides is 3. The van der Waals surface area contributed by atoms with Crippen LogP contribution in [-0.2, 0) is 6.54 Å². The zero-order valence-corrected chi connectivity index (χ0v) is 8.66. The number of rotatable bonds is 3. The van der Waals surface area contributed by atoms with E-state index in [0.717, 1.165) is 12.8 Å². The molecule has 0 aliphatic heterocycles. The summed E-state index contributed by atoms with van der Waals surface area (Å²) in [7, 11) is 0. The van der Waals surface area contributed by atoms with Crippen molar-refractivity contribution in [3.05, 3.63) is 10.6 Å². The van der Waals surface area contributed by atoms with Crippen molar-refractivity contribution in [1.29, 1.82) is 0 Å². The molecule has 3 nitrogen and oxygen atoms in total. The van der Waals surface area contributed by atoms with E-state index in [1.807, 2.05) is 0 Å². The molecule has 1 saturated carbocycles. The molecule has 1 aromatic heterocycles. The summed E-state index contributed by atoms with van der Waals surface area (Å²) >= 11 is 4.89. The average molecular weight is 237 g/mol. The number of aromatic nitrogens is 3. The van der Waals surface area contributed by atoms with E-state index in [2.05, 4.69) is 10.2 Å². The van der Waals surface area contributed by atoms with Gasteiger partial charge in [0.05, 0.1) is 6.42 Å². The van der Waals surface area contributed by atoms with Crippen molar-refractivity contribution in [3.63, 3.8) is 0 Å². The summed E-state index contributed by atoms with van der Waals surface area (Å²) in [6.07, 6.45) is -3.02. The molecule has 7 heteroatoms. The Kier molecular flexibility index (Phi) is 2.57. The van der Waals surface area contributed by atoms with Crippen molar-refractivity contribution in [2.75, 3.05) is 0 Å². The van der Waals surface area contributed by atoms with Crippen LogP contribution in [0.3, 0.4) is 0 Å². The molecule has 1 fully saturated rings. The highest BCUT2D eigenvalue weighted by atomic mass is 32.1. The molecule has 1 aliphatic carbocycles. The van der Waals surface area contributed by atoms with E-state index in [-0.39, 0.29) is 11.3 Å². The molecule has 15 heavy (non-hydrogen) atoms. The third-order valence-electron chi connectivity index (χ3n) is 2.35. The maximum Gasteiger partial charge on any atom is 0.390 e. The van der Waals surface area contributed by atoms with Gasteiger partial charge in [-0.1, -0.05) is 0 Å². The minimum Gasteiger partial charge on any atom is -0.304 e. The maximum absolute atomic E-state index is 12.0. The number of aromatic amines is 1. The SMILES string of the molecule is FC(F)(F)CCn1c(C2CC2)n[nH]c1=S. The Labute approximate surface area is 89.3 Å². The summed E-state index contributed by atoms with van der Waals surface area (Å²) in [6.45, 7) is -0.134. The van der Waals surface area contributed by atoms with Crippen molar-refractivity contribution < 1.29 is 13.2 Å². The lowest BCUT2D eigenvalue weighted by atomic mass is 10.3. The Bertz CT molecular complexity index is 402. The second-order valence-electron chi connectivity index (χ2n) is 3.68. The van der Waals surface area contributed by atoms with E-state index in [4.69, 9.17) is 12.2 Å². The van der Waals surface area contributed by atoms with Crippen molar-refractivity contribution in [2.24, 2.45) is 0 Å². The van der Waals surface area contributed by atoms with Crippen LogP contribution in [0.5, 0.6) is 0 Å². The Morgan fingerprint density at radius 2 is 2.13 bits per heavy atom. The lowest BCUT2D eigenvalue weighted by Gasteiger charge is -2.08. The van der Waals surface area contributed by atoms with Crippen LogP contribution in [0.25, 0.3) is 0 Å². The van der Waals surface area contributed by atoms with E-state index in [9.17, 15) is 13.2 Å². The van der Waals surface area contributed by atoms with Gasteiger partial charge in [0.2, 0.25) is 0 Å². The Hall–Kier alpha value is -0.850. The monoisotopic (exact) mass is 237 g/mol. The first-order valence-corrected chi connectivity index (χ1v) is 5.10. The average Bonchev–Trinajstić information content (AvgIpc) is 2.87. The van der Waals surface area contributed by atoms with Gasteiger partial charge < -0.3 is 4.57 Å². The molecule has 0 atom stereocenters. The molecule has 2 rings (SSSR count). The number of H-pyrrole nitrogens is 1. The first kappa shape index (κ1) is 10.7. The van der Waals surface area contributed by atoms with Crippen LogP contribution < -0.4 is 0 Å². The predicted octanol–water partition coefficient (Wildman–Crippen LogP) is 2.77. The van der Waals surface area contributed by atoms with Crippen LogP contribution >= 0.6 is 12.2 Å². The molecule has 0 bridgehead atoms. The number of nitrogens with one attached hydrogen (secondary N) is 1. The van der Waals surface area contributed by atoms with Crippen molar-refractivity contribution in [1.82, 2.24) is 14.8 Å². The van der Waals surface area contributed by atoms with Crippen LogP contribution in [0.1, 0.15) is 31.0 Å². The molecule has 1 N–H and O–H groups in total. The summed E-state index contributed by atoms with van der Waals surface area (Å²) in [6, 6.07) is 0. The molecule has 1 aliphatic rings. The van der Waals surface area contributed by atoms with Crippen LogP contribution in [0.15, 0.2) is 0 Å². The maximum atomic E-state index is 12.0. The minimum absolute atomic E-state index is 0.134. The van der Waals surface area contributed by atoms with Gasteiger partial charge >= 0.3 is 6.18 Å². The topological polar surface area (TPSA) is 33.6 Å². The molecule has 0 saturated heterocycles. The Morgan fingerprint density at radius 1 is 1.47 bits per heavy atom. The van der Waals surface area contributed by atoms with Crippen molar-refractivity contribution in [2.45, 2.75) is 37.9 Å². The standard InChI is InChI=1S/C8H10F3N3S/c9-8(10,11)3-4-14-6(5-1-2-5)12-13-7(14)15/h5H,1-4H2,(H,13,15). The fourth-order valence-corrected chi connectivity index (χ4v) is 1.67. The normalized spacial score (nSPS) is 17.0. The van der Waals surface area contributed by atoms with E-state index < -0.39 is 12.6 Å². The smallest absolute Gasteiger partial charge is 0.304 e. The summed E-state index contributed by atoms with van der Waals surface area (Å²) in [4.78, 5) is 0. The number of hydrogen-bond acceptors (Lipinski definition) is 2. The van der Waals surface area contributed by atoms with Crippen molar-refractivity contribution in [3.8, 4) is 0 Å². The van der Waals surface area contributed by atoms with Gasteiger partial charge in [-0.25, -0.2) is 0 Å². The highest BCUT2D eigenvalue weighted by Crippen LogP contribution is 2.39. The number of halogens is 3. The molecular formula is C8H10F3N3S. The molecule has 0 amide bonds. The Morgan fingerprint density at radius 3 is 2.67 bits per heavy atom. The zero-order chi connectivity index (χ0) is 11.1. The molecule has 1 aromatic rings. The molecule has 0 radical (unpaired) electrons. The van der Waals surface area contributed by atoms with Gasteiger partial charge in [0.15, 0.2) is 4.77 Å². The van der Waals surface area contributed by atoms with Gasteiger partial charge in [0.1, 0.15) is 5.82 Å². The number of hydrogen-bond donors (Lipinski definition) is 1. The minimum atomic E-state index is -4.15. The molecule has 84 valence electrons. The highest BCUT2D eigenvalue weighted by molar-refractivity contribution is 7.71. The Balaban J connectivity index is 2.12. The summed E-state index contributed by atoms with van der Waals surface area (Å²) in [5.41, 5.74) is 0. The van der Waals surface area contributed by atoms with Gasteiger partial charge in [0, 0.05) is 12.5 Å². The lowest BCUT2D eigenvalue weighted by Crippen LogP contribution is -2.13. The van der Waals surface area contributed by atoms with Gasteiger partial charge in [-0.2, -0.15) is 18.3 Å². The highest BCUT2D eigenvalue weighted by Gasteiger charge is 2.31. The van der Waals surface area contributed by atoms with Crippen LogP contribution in [0, 0.1) is 4.77 Å². The molecule has 0 spiro atoms. The first-order valence-electron chi connectivity index (χ1n) is 4.69. The van der Waals surface area contributed by atoms with Gasteiger partial charge in [-0.3, -0.25) is 5.10 Å². The van der Waals surface area contributed by atoms with Gasteiger partial charge in [0.25, 0.3) is 0 Å². The van der Waals surface area contributed by atoms with Crippen LogP contribution in [0.2, 0.25) is 0 Å². The van der Waals surface area contributed by atoms with Crippen molar-refractivity contribution >= 4 is 12.2 Å². The molecule has 0 aromatic carbocycles. The zero-order valence-electron chi connectivity index (χ0n) is 7.84. The second-order valence-corrected chi connectivity index (χ2v) is 4.06. The quantitative estimate of drug-likeness (QED) is 0.820. The van der Waals surface area contributed by atoms with Crippen LogP contribution in [-0.4, -0.2) is 20.9 Å². The van der Waals surface area contributed by atoms with Gasteiger partial charge in [-0.05, 0) is 25.1 Å². The second kappa shape index (κ2) is 3.62. The largest absolute Gasteiger partial charge is 0.390 e. The third kappa shape index (κ3) is 2.58. The summed E-state index contributed by atoms with van der Waals surface area (Å²) in [5, 5.41) is 6.50. The fraction of sp³-hybridized carbons (Fsp3) is 0.750. The molecule has 0 unspecified atom stereocenters. The van der Waals surface area contributed by atoms with E-state index in [0.29, 0.717) is 11.7 Å². The molecule has 1 heterocycles. The fourth-order valence-electron chi connectivity index (χ4n) is 1.44. The van der Waals surface area contributed by atoms with E-state index >= 15 is 0 Å². The van der Waals surface area contributed by atoms with Gasteiger partial charge in [-0.15, -0.1) is 0 Å². The molecular weight excluding hydrogens is 227 g/mol. The summed E-state index contributed by atoms with van der Waals surface area (Å²) < 4.78 is 37.9. The predicted molar refractivity (Wildman–Crippen MR) is 50.1 cm³/mol. The van der Waals surface area contributed by atoms with E-state index in [1.165, 1.54) is 4.57 Å². The van der Waals surface area contributed by atoms with E-state index in [1.54, 1.807) is 0 Å². The lowest BCUT2D eigenvalue weighted by molar-refractivity contribution is -0.136. The first-order chi connectivity index (χ1) is 6.97. The third-order valence-corrected chi connectivity index (χ3v) is 2.66. The summed E-state index contributed by atoms with van der Waals surface area (Å²) in [5.74, 6) is 0.968.